The Labute approximate surface area is 109 Å². The molecular formula is C10H15ClN2O5. The smallest absolute Gasteiger partial charge is 0.329 e. The van der Waals surface area contributed by atoms with Crippen LogP contribution in [0.2, 0.25) is 0 Å². The third-order valence-corrected chi connectivity index (χ3v) is 2.24. The molecule has 0 aliphatic carbocycles. The third-order valence-electron chi connectivity index (χ3n) is 1.74. The minimum Gasteiger partial charge on any atom is -0.468 e. The number of nitrogens with one attached hydrogen (secondary N) is 1. The Balaban J connectivity index is 4.25. The van der Waals surface area contributed by atoms with Gasteiger partial charge in [0.05, 0.1) is 19.4 Å². The van der Waals surface area contributed by atoms with Gasteiger partial charge in [0.1, 0.15) is 6.42 Å². The molecule has 0 spiro atoms. The molecule has 0 aromatic rings. The van der Waals surface area contributed by atoms with Crippen LogP contribution in [-0.2, 0) is 23.9 Å². The van der Waals surface area contributed by atoms with Crippen LogP contribution in [0, 0.1) is 0 Å². The highest BCUT2D eigenvalue weighted by atomic mass is 35.5. The monoisotopic (exact) mass is 278 g/mol. The summed E-state index contributed by atoms with van der Waals surface area (Å²) in [4.78, 5) is 33.2. The number of hydrogen-bond acceptors (Lipinski definition) is 6. The molecule has 0 bridgehead atoms. The highest BCUT2D eigenvalue weighted by Crippen LogP contribution is 2.01. The Kier molecular flexibility index (Phi) is 7.69. The van der Waals surface area contributed by atoms with Crippen molar-refractivity contribution in [3.63, 3.8) is 0 Å². The average molecular weight is 279 g/mol. The molecule has 0 fully saturated rings. The summed E-state index contributed by atoms with van der Waals surface area (Å²) < 4.78 is 8.97. The molecule has 7 nitrogen and oxygen atoms in total. The normalized spacial score (nSPS) is 12.6. The van der Waals surface area contributed by atoms with Crippen LogP contribution in [0.4, 0.5) is 0 Å². The number of amides is 1. The summed E-state index contributed by atoms with van der Waals surface area (Å²) >= 11 is 5.67. The molecule has 18 heavy (non-hydrogen) atoms. The van der Waals surface area contributed by atoms with Crippen LogP contribution in [0.25, 0.3) is 0 Å². The van der Waals surface area contributed by atoms with E-state index in [0.29, 0.717) is 0 Å². The molecule has 0 aromatic heterocycles. The van der Waals surface area contributed by atoms with Gasteiger partial charge in [-0.25, -0.2) is 5.43 Å². The van der Waals surface area contributed by atoms with Crippen molar-refractivity contribution >= 4 is 35.2 Å². The Bertz CT molecular complexity index is 356. The van der Waals surface area contributed by atoms with E-state index >= 15 is 0 Å². The quantitative estimate of drug-likeness (QED) is 0.246. The molecule has 0 heterocycles. The van der Waals surface area contributed by atoms with Crippen LogP contribution in [0.1, 0.15) is 20.3 Å². The SMILES string of the molecule is CCOC(=O)CC(=O)N/N=C(\C)C(Cl)C(=O)OC. The molecule has 1 amide bonds. The first-order valence-electron chi connectivity index (χ1n) is 5.12. The van der Waals surface area contributed by atoms with E-state index in [2.05, 4.69) is 20.0 Å². The Morgan fingerprint density at radius 2 is 2.00 bits per heavy atom. The van der Waals surface area contributed by atoms with E-state index in [4.69, 9.17) is 11.6 Å². The van der Waals surface area contributed by atoms with E-state index in [0.717, 1.165) is 0 Å². The first kappa shape index (κ1) is 16.4. The number of hydrazone groups is 1. The number of hydrogen-bond donors (Lipinski definition) is 1. The van der Waals surface area contributed by atoms with Crippen LogP contribution in [0.15, 0.2) is 5.10 Å². The molecule has 1 unspecified atom stereocenters. The molecule has 0 radical (unpaired) electrons. The van der Waals surface area contributed by atoms with E-state index < -0.39 is 29.6 Å². The molecule has 0 aromatic carbocycles. The van der Waals surface area contributed by atoms with Crippen LogP contribution in [0.5, 0.6) is 0 Å². The van der Waals surface area contributed by atoms with Gasteiger partial charge in [-0.3, -0.25) is 14.4 Å². The van der Waals surface area contributed by atoms with Crippen molar-refractivity contribution < 1.29 is 23.9 Å². The topological polar surface area (TPSA) is 94.1 Å². The fourth-order valence-corrected chi connectivity index (χ4v) is 1.00. The van der Waals surface area contributed by atoms with Crippen molar-refractivity contribution in [3.8, 4) is 0 Å². The fraction of sp³-hybridized carbons (Fsp3) is 0.600. The third kappa shape index (κ3) is 6.19. The maximum atomic E-state index is 11.2. The van der Waals surface area contributed by atoms with Crippen molar-refractivity contribution in [2.24, 2.45) is 5.10 Å². The van der Waals surface area contributed by atoms with Crippen molar-refractivity contribution in [2.45, 2.75) is 25.6 Å². The van der Waals surface area contributed by atoms with E-state index in [-0.39, 0.29) is 12.3 Å². The summed E-state index contributed by atoms with van der Waals surface area (Å²) in [5.74, 6) is -1.99. The summed E-state index contributed by atoms with van der Waals surface area (Å²) in [5, 5.41) is 2.50. The predicted molar refractivity (Wildman–Crippen MR) is 64.2 cm³/mol. The Morgan fingerprint density at radius 1 is 1.39 bits per heavy atom. The van der Waals surface area contributed by atoms with E-state index in [1.165, 1.54) is 14.0 Å². The van der Waals surface area contributed by atoms with Gasteiger partial charge in [0.25, 0.3) is 5.91 Å². The lowest BCUT2D eigenvalue weighted by atomic mass is 10.3. The first-order valence-corrected chi connectivity index (χ1v) is 5.56. The van der Waals surface area contributed by atoms with Crippen molar-refractivity contribution in [3.05, 3.63) is 0 Å². The number of alkyl halides is 1. The molecule has 8 heteroatoms. The highest BCUT2D eigenvalue weighted by molar-refractivity contribution is 6.41. The van der Waals surface area contributed by atoms with Gasteiger partial charge in [0.2, 0.25) is 0 Å². The van der Waals surface area contributed by atoms with Crippen LogP contribution in [0.3, 0.4) is 0 Å². The number of rotatable bonds is 6. The summed E-state index contributed by atoms with van der Waals surface area (Å²) in [5.41, 5.74) is 2.24. The fourth-order valence-electron chi connectivity index (χ4n) is 0.864. The molecule has 0 rings (SSSR count). The maximum Gasteiger partial charge on any atom is 0.329 e. The highest BCUT2D eigenvalue weighted by Gasteiger charge is 2.19. The van der Waals surface area contributed by atoms with Gasteiger partial charge in [0.15, 0.2) is 5.38 Å². The summed E-state index contributed by atoms with van der Waals surface area (Å²) in [6.45, 7) is 3.27. The number of carbonyl (C=O) groups is 3. The maximum absolute atomic E-state index is 11.2. The van der Waals surface area contributed by atoms with Crippen LogP contribution < -0.4 is 5.43 Å². The summed E-state index contributed by atoms with van der Waals surface area (Å²) in [7, 11) is 1.18. The Hall–Kier alpha value is -1.63. The number of halogens is 1. The molecule has 102 valence electrons. The van der Waals surface area contributed by atoms with E-state index in [1.54, 1.807) is 6.92 Å². The van der Waals surface area contributed by atoms with Crippen molar-refractivity contribution in [2.75, 3.05) is 13.7 Å². The van der Waals surface area contributed by atoms with Gasteiger partial charge in [-0.2, -0.15) is 5.10 Å². The van der Waals surface area contributed by atoms with Gasteiger partial charge >= 0.3 is 11.9 Å². The second kappa shape index (κ2) is 8.46. The second-order valence-corrected chi connectivity index (χ2v) is 3.59. The molecular weight excluding hydrogens is 264 g/mol. The summed E-state index contributed by atoms with van der Waals surface area (Å²) in [6, 6.07) is 0. The number of ether oxygens (including phenoxy) is 2. The minimum atomic E-state index is -1.09. The van der Waals surface area contributed by atoms with Crippen molar-refractivity contribution in [1.29, 1.82) is 0 Å². The van der Waals surface area contributed by atoms with Crippen LogP contribution >= 0.6 is 11.6 Å². The first-order chi connectivity index (χ1) is 8.42. The standard InChI is InChI=1S/C10H15ClN2O5/c1-4-18-8(15)5-7(14)13-12-6(2)9(11)10(16)17-3/h9H,4-5H2,1-3H3,(H,13,14)/b12-6+. The number of carbonyl (C=O) groups excluding carboxylic acids is 3. The van der Waals surface area contributed by atoms with Gasteiger partial charge in [-0.05, 0) is 13.8 Å². The number of esters is 2. The zero-order chi connectivity index (χ0) is 14.1. The van der Waals surface area contributed by atoms with Gasteiger partial charge in [-0.1, -0.05) is 0 Å². The van der Waals surface area contributed by atoms with Gasteiger partial charge in [-0.15, -0.1) is 11.6 Å². The molecule has 1 atom stereocenters. The lowest BCUT2D eigenvalue weighted by molar-refractivity contribution is -0.146. The van der Waals surface area contributed by atoms with Gasteiger partial charge < -0.3 is 9.47 Å². The molecule has 0 saturated carbocycles. The zero-order valence-corrected chi connectivity index (χ0v) is 11.1. The minimum absolute atomic E-state index is 0.153. The zero-order valence-electron chi connectivity index (χ0n) is 10.4. The average Bonchev–Trinajstić information content (AvgIpc) is 2.34. The predicted octanol–water partition coefficient (Wildman–Crippen LogP) is 0.212. The lowest BCUT2D eigenvalue weighted by Gasteiger charge is -2.06. The lowest BCUT2D eigenvalue weighted by Crippen LogP contribution is -2.28. The molecule has 0 aliphatic heterocycles. The van der Waals surface area contributed by atoms with E-state index in [9.17, 15) is 14.4 Å². The van der Waals surface area contributed by atoms with Crippen LogP contribution in [-0.4, -0.2) is 42.7 Å². The Morgan fingerprint density at radius 3 is 2.50 bits per heavy atom. The van der Waals surface area contributed by atoms with Crippen molar-refractivity contribution in [1.82, 2.24) is 5.43 Å². The number of nitrogens with zero attached hydrogens (tertiary/aromatic N) is 1. The number of methoxy groups -OCH3 is 1. The second-order valence-electron chi connectivity index (χ2n) is 3.16. The molecule has 0 aliphatic rings. The van der Waals surface area contributed by atoms with E-state index in [1.807, 2.05) is 0 Å². The molecule has 0 saturated heterocycles. The largest absolute Gasteiger partial charge is 0.468 e. The van der Waals surface area contributed by atoms with Gasteiger partial charge in [0, 0.05) is 0 Å². The summed E-state index contributed by atoms with van der Waals surface area (Å²) in [6.07, 6.45) is -0.449. The molecule has 1 N–H and O–H groups in total.